The number of benzene rings is 2. The van der Waals surface area contributed by atoms with Gasteiger partial charge in [0.1, 0.15) is 29.1 Å². The van der Waals surface area contributed by atoms with Gasteiger partial charge in [0.15, 0.2) is 0 Å². The van der Waals surface area contributed by atoms with E-state index in [1.54, 1.807) is 36.4 Å². The van der Waals surface area contributed by atoms with Crippen LogP contribution in [0.3, 0.4) is 0 Å². The smallest absolute Gasteiger partial charge is 0.300 e. The highest BCUT2D eigenvalue weighted by Crippen LogP contribution is 2.42. The molecule has 3 aromatic rings. The summed E-state index contributed by atoms with van der Waals surface area (Å²) in [6.45, 7) is 0. The predicted molar refractivity (Wildman–Crippen MR) is 103 cm³/mol. The lowest BCUT2D eigenvalue weighted by Gasteiger charge is -2.23. The van der Waals surface area contributed by atoms with Crippen molar-refractivity contribution < 1.29 is 28.2 Å². The van der Waals surface area contributed by atoms with Gasteiger partial charge in [0.05, 0.1) is 18.9 Å². The molecule has 7 heteroatoms. The molecule has 0 spiro atoms. The Morgan fingerprint density at radius 2 is 1.86 bits per heavy atom. The summed E-state index contributed by atoms with van der Waals surface area (Å²) in [5.41, 5.74) is 0.376. The van der Waals surface area contributed by atoms with Gasteiger partial charge in [0.25, 0.3) is 11.7 Å². The van der Waals surface area contributed by atoms with E-state index in [4.69, 9.17) is 9.15 Å². The first-order valence-corrected chi connectivity index (χ1v) is 8.75. The molecule has 1 atom stereocenters. The summed E-state index contributed by atoms with van der Waals surface area (Å²) in [6, 6.07) is 13.9. The van der Waals surface area contributed by atoms with Crippen LogP contribution in [0, 0.1) is 5.82 Å². The summed E-state index contributed by atoms with van der Waals surface area (Å²) in [5, 5.41) is 10.9. The maximum absolute atomic E-state index is 13.8. The van der Waals surface area contributed by atoms with Crippen molar-refractivity contribution in [3.05, 3.63) is 89.6 Å². The Kier molecular flexibility index (Phi) is 4.64. The number of Topliss-reactive ketones (excluding diaryl/α,β-unsaturated/α-hetero) is 1. The van der Waals surface area contributed by atoms with Crippen LogP contribution >= 0.6 is 0 Å². The lowest BCUT2D eigenvalue weighted by atomic mass is 9.99. The number of halogens is 1. The zero-order valence-electron chi connectivity index (χ0n) is 15.3. The molecule has 6 nitrogen and oxygen atoms in total. The van der Waals surface area contributed by atoms with Crippen LogP contribution in [0.4, 0.5) is 10.1 Å². The van der Waals surface area contributed by atoms with E-state index in [1.165, 1.54) is 31.6 Å². The van der Waals surface area contributed by atoms with E-state index in [-0.39, 0.29) is 22.8 Å². The molecule has 0 radical (unpaired) electrons. The third-order valence-electron chi connectivity index (χ3n) is 4.71. The van der Waals surface area contributed by atoms with Crippen molar-refractivity contribution in [1.82, 2.24) is 0 Å². The van der Waals surface area contributed by atoms with Crippen LogP contribution in [-0.2, 0) is 9.59 Å². The van der Waals surface area contributed by atoms with Crippen LogP contribution < -0.4 is 9.64 Å². The Hall–Kier alpha value is -3.87. The number of carbonyl (C=O) groups is 2. The quantitative estimate of drug-likeness (QED) is 0.411. The monoisotopic (exact) mass is 393 g/mol. The summed E-state index contributed by atoms with van der Waals surface area (Å²) in [7, 11) is 1.51. The second-order valence-corrected chi connectivity index (χ2v) is 6.39. The van der Waals surface area contributed by atoms with E-state index in [2.05, 4.69) is 0 Å². The van der Waals surface area contributed by atoms with Gasteiger partial charge in [-0.3, -0.25) is 14.5 Å². The van der Waals surface area contributed by atoms with Gasteiger partial charge in [-0.15, -0.1) is 0 Å². The van der Waals surface area contributed by atoms with Crippen LogP contribution in [0.15, 0.2) is 76.9 Å². The standard InChI is InChI=1S/C22H16FNO5/c1-28-16-9-7-13(8-10-16)20(25)18-19(17-6-3-11-29-17)24(22(27)21(18)26)15-5-2-4-14(23)12-15/h2-12,19,25H,1H3/b20-18-. The highest BCUT2D eigenvalue weighted by Gasteiger charge is 2.48. The van der Waals surface area contributed by atoms with Crippen molar-refractivity contribution in [3.8, 4) is 5.75 Å². The molecule has 1 aliphatic heterocycles. The molecular weight excluding hydrogens is 377 g/mol. The van der Waals surface area contributed by atoms with Crippen LogP contribution in [0.1, 0.15) is 17.4 Å². The number of nitrogens with zero attached hydrogens (tertiary/aromatic N) is 1. The first-order valence-electron chi connectivity index (χ1n) is 8.75. The zero-order valence-corrected chi connectivity index (χ0v) is 15.3. The molecule has 1 aromatic heterocycles. The fourth-order valence-electron chi connectivity index (χ4n) is 3.35. The molecule has 1 amide bonds. The molecule has 146 valence electrons. The van der Waals surface area contributed by atoms with E-state index >= 15 is 0 Å². The normalized spacial score (nSPS) is 18.3. The lowest BCUT2D eigenvalue weighted by molar-refractivity contribution is -0.132. The molecule has 2 heterocycles. The van der Waals surface area contributed by atoms with Gasteiger partial charge < -0.3 is 14.3 Å². The second kappa shape index (κ2) is 7.27. The molecule has 1 saturated heterocycles. The van der Waals surface area contributed by atoms with E-state index in [1.807, 2.05) is 0 Å². The molecular formula is C22H16FNO5. The lowest BCUT2D eigenvalue weighted by Crippen LogP contribution is -2.29. The Balaban J connectivity index is 1.90. The number of furan rings is 1. The number of rotatable bonds is 4. The number of aliphatic hydroxyl groups excluding tert-OH is 1. The van der Waals surface area contributed by atoms with Crippen molar-refractivity contribution >= 4 is 23.1 Å². The number of aliphatic hydroxyl groups is 1. The van der Waals surface area contributed by atoms with Gasteiger partial charge in [-0.2, -0.15) is 0 Å². The van der Waals surface area contributed by atoms with Crippen LogP contribution in [0.2, 0.25) is 0 Å². The summed E-state index contributed by atoms with van der Waals surface area (Å²) >= 11 is 0. The van der Waals surface area contributed by atoms with Gasteiger partial charge in [-0.05, 0) is 54.6 Å². The van der Waals surface area contributed by atoms with Crippen molar-refractivity contribution in [2.24, 2.45) is 0 Å². The fourth-order valence-corrected chi connectivity index (χ4v) is 3.35. The minimum Gasteiger partial charge on any atom is -0.507 e. The Labute approximate surface area is 165 Å². The van der Waals surface area contributed by atoms with Gasteiger partial charge in [-0.1, -0.05) is 6.07 Å². The number of amides is 1. The van der Waals surface area contributed by atoms with Gasteiger partial charge >= 0.3 is 0 Å². The van der Waals surface area contributed by atoms with E-state index < -0.39 is 23.5 Å². The predicted octanol–water partition coefficient (Wildman–Crippen LogP) is 4.05. The van der Waals surface area contributed by atoms with Gasteiger partial charge in [0.2, 0.25) is 0 Å². The molecule has 1 aliphatic rings. The average molecular weight is 393 g/mol. The number of ketones is 1. The largest absolute Gasteiger partial charge is 0.507 e. The zero-order chi connectivity index (χ0) is 20.5. The van der Waals surface area contributed by atoms with Crippen LogP contribution in [0.25, 0.3) is 5.76 Å². The van der Waals surface area contributed by atoms with E-state index in [0.717, 1.165) is 11.0 Å². The molecule has 1 N–H and O–H groups in total. The van der Waals surface area contributed by atoms with Crippen molar-refractivity contribution in [1.29, 1.82) is 0 Å². The summed E-state index contributed by atoms with van der Waals surface area (Å²) in [4.78, 5) is 26.8. The number of methoxy groups -OCH3 is 1. The molecule has 2 aromatic carbocycles. The van der Waals surface area contributed by atoms with Crippen LogP contribution in [0.5, 0.6) is 5.75 Å². The molecule has 0 saturated carbocycles. The number of hydrogen-bond donors (Lipinski definition) is 1. The molecule has 1 fully saturated rings. The van der Waals surface area contributed by atoms with Crippen molar-refractivity contribution in [2.75, 3.05) is 12.0 Å². The maximum Gasteiger partial charge on any atom is 0.300 e. The highest BCUT2D eigenvalue weighted by atomic mass is 19.1. The van der Waals surface area contributed by atoms with Crippen molar-refractivity contribution in [3.63, 3.8) is 0 Å². The molecule has 29 heavy (non-hydrogen) atoms. The molecule has 1 unspecified atom stereocenters. The van der Waals surface area contributed by atoms with Gasteiger partial charge in [-0.25, -0.2) is 4.39 Å². The minimum absolute atomic E-state index is 0.139. The average Bonchev–Trinajstić information content (AvgIpc) is 3.35. The van der Waals surface area contributed by atoms with Crippen LogP contribution in [-0.4, -0.2) is 23.9 Å². The third kappa shape index (κ3) is 3.16. The third-order valence-corrected chi connectivity index (χ3v) is 4.71. The minimum atomic E-state index is -1.03. The van der Waals surface area contributed by atoms with E-state index in [9.17, 15) is 19.1 Å². The Bertz CT molecular complexity index is 1100. The molecule has 4 rings (SSSR count). The number of ether oxygens (including phenoxy) is 1. The first kappa shape index (κ1) is 18.5. The summed E-state index contributed by atoms with van der Waals surface area (Å²) in [6.07, 6.45) is 1.40. The van der Waals surface area contributed by atoms with Gasteiger partial charge in [0, 0.05) is 11.3 Å². The molecule has 0 bridgehead atoms. The summed E-state index contributed by atoms with van der Waals surface area (Å²) in [5.74, 6) is -1.84. The second-order valence-electron chi connectivity index (χ2n) is 6.39. The van der Waals surface area contributed by atoms with E-state index in [0.29, 0.717) is 11.3 Å². The maximum atomic E-state index is 13.8. The Morgan fingerprint density at radius 3 is 2.48 bits per heavy atom. The summed E-state index contributed by atoms with van der Waals surface area (Å²) < 4.78 is 24.3. The molecule has 0 aliphatic carbocycles. The number of anilines is 1. The first-order chi connectivity index (χ1) is 14.0. The SMILES string of the molecule is COc1ccc(/C(O)=C2/C(=O)C(=O)N(c3cccc(F)c3)C2c2ccco2)cc1. The number of carbonyl (C=O) groups excluding carboxylic acids is 2. The van der Waals surface area contributed by atoms with Crippen molar-refractivity contribution in [2.45, 2.75) is 6.04 Å². The topological polar surface area (TPSA) is 80.0 Å². The highest BCUT2D eigenvalue weighted by molar-refractivity contribution is 6.51. The fraction of sp³-hybridized carbons (Fsp3) is 0.0909. The Morgan fingerprint density at radius 1 is 1.10 bits per heavy atom. The number of hydrogen-bond acceptors (Lipinski definition) is 5.